The molecule has 1 N–H and O–H groups in total. The van der Waals surface area contributed by atoms with Gasteiger partial charge in [-0.3, -0.25) is 0 Å². The molecule has 1 heterocycles. The minimum atomic E-state index is -4.48. The molecule has 1 aliphatic heterocycles. The van der Waals surface area contributed by atoms with Crippen LogP contribution in [0.25, 0.3) is 0 Å². The fourth-order valence-electron chi connectivity index (χ4n) is 1.67. The van der Waals surface area contributed by atoms with Crippen LogP contribution in [0.5, 0.6) is 0 Å². The molecule has 84 valence electrons. The van der Waals surface area contributed by atoms with Crippen LogP contribution in [-0.2, 0) is 0 Å². The van der Waals surface area contributed by atoms with Gasteiger partial charge in [-0.05, 0) is 25.9 Å². The third-order valence-electron chi connectivity index (χ3n) is 2.51. The van der Waals surface area contributed by atoms with E-state index in [0.717, 1.165) is 25.7 Å². The average Bonchev–Trinajstić information content (AvgIpc) is 2.31. The van der Waals surface area contributed by atoms with Crippen LogP contribution in [0.4, 0.5) is 13.2 Å². The topological polar surface area (TPSA) is 23.5 Å². The van der Waals surface area contributed by atoms with Gasteiger partial charge in [-0.15, -0.1) is 0 Å². The van der Waals surface area contributed by atoms with E-state index in [-0.39, 0.29) is 6.54 Å². The Morgan fingerprint density at radius 2 is 1.57 bits per heavy atom. The highest BCUT2D eigenvalue weighted by Crippen LogP contribution is 2.21. The first-order valence-electron chi connectivity index (χ1n) is 4.97. The van der Waals surface area contributed by atoms with E-state index >= 15 is 0 Å². The predicted molar refractivity (Wildman–Crippen MR) is 47.0 cm³/mol. The maximum atomic E-state index is 12.0. The highest BCUT2D eigenvalue weighted by Gasteiger charge is 2.39. The lowest BCUT2D eigenvalue weighted by atomic mass is 10.2. The first-order chi connectivity index (χ1) is 6.50. The molecule has 1 rings (SSSR count). The molecule has 5 heteroatoms. The Bertz CT molecular complexity index is 164. The number of hydrogen-bond acceptors (Lipinski definition) is 2. The lowest BCUT2D eigenvalue weighted by Gasteiger charge is -2.24. The van der Waals surface area contributed by atoms with Gasteiger partial charge in [0.05, 0.1) is 0 Å². The van der Waals surface area contributed by atoms with E-state index in [1.807, 2.05) is 0 Å². The van der Waals surface area contributed by atoms with E-state index in [1.54, 1.807) is 4.90 Å². The van der Waals surface area contributed by atoms with Crippen molar-refractivity contribution < 1.29 is 18.3 Å². The van der Waals surface area contributed by atoms with Gasteiger partial charge in [0.25, 0.3) is 0 Å². The number of halogens is 3. The van der Waals surface area contributed by atoms with Crippen molar-refractivity contribution in [2.45, 2.75) is 38.0 Å². The van der Waals surface area contributed by atoms with Gasteiger partial charge in [-0.1, -0.05) is 12.8 Å². The maximum absolute atomic E-state index is 12.0. The molecular weight excluding hydrogens is 195 g/mol. The van der Waals surface area contributed by atoms with E-state index in [0.29, 0.717) is 13.1 Å². The summed E-state index contributed by atoms with van der Waals surface area (Å²) in [6.45, 7) is 1.07. The first-order valence-corrected chi connectivity index (χ1v) is 4.97. The summed E-state index contributed by atoms with van der Waals surface area (Å²) in [6.07, 6.45) is -2.64. The molecule has 0 aromatic rings. The minimum Gasteiger partial charge on any atom is -0.382 e. The minimum absolute atomic E-state index is 0.274. The van der Waals surface area contributed by atoms with Crippen LogP contribution in [-0.4, -0.2) is 41.9 Å². The zero-order valence-electron chi connectivity index (χ0n) is 8.06. The third-order valence-corrected chi connectivity index (χ3v) is 2.51. The van der Waals surface area contributed by atoms with Gasteiger partial charge in [-0.25, -0.2) is 0 Å². The molecule has 0 saturated carbocycles. The van der Waals surface area contributed by atoms with Crippen molar-refractivity contribution in [2.75, 3.05) is 19.6 Å². The molecule has 0 bridgehead atoms. The first kappa shape index (κ1) is 11.8. The normalized spacial score (nSPS) is 23.1. The molecule has 1 fully saturated rings. The van der Waals surface area contributed by atoms with E-state index in [4.69, 9.17) is 5.11 Å². The summed E-state index contributed by atoms with van der Waals surface area (Å²) < 4.78 is 36.1. The van der Waals surface area contributed by atoms with Gasteiger partial charge in [0, 0.05) is 6.54 Å². The van der Waals surface area contributed by atoms with E-state index in [1.165, 1.54) is 0 Å². The molecule has 0 unspecified atom stereocenters. The lowest BCUT2D eigenvalue weighted by Crippen LogP contribution is -2.41. The molecule has 1 aliphatic rings. The Morgan fingerprint density at radius 3 is 2.00 bits per heavy atom. The molecule has 1 saturated heterocycles. The number of hydrogen-bond donors (Lipinski definition) is 1. The van der Waals surface area contributed by atoms with E-state index in [9.17, 15) is 13.2 Å². The third kappa shape index (κ3) is 3.84. The molecule has 0 aromatic carbocycles. The highest BCUT2D eigenvalue weighted by molar-refractivity contribution is 4.72. The van der Waals surface area contributed by atoms with Crippen molar-refractivity contribution in [1.29, 1.82) is 0 Å². The Labute approximate surface area is 81.7 Å². The molecule has 0 aromatic heterocycles. The van der Waals surface area contributed by atoms with E-state index in [2.05, 4.69) is 0 Å². The second-order valence-electron chi connectivity index (χ2n) is 3.77. The molecule has 1 atom stereocenters. The molecular formula is C9H16F3NO. The predicted octanol–water partition coefficient (Wildman–Crippen LogP) is 1.79. The highest BCUT2D eigenvalue weighted by atomic mass is 19.4. The summed E-state index contributed by atoms with van der Waals surface area (Å²) >= 11 is 0. The molecule has 14 heavy (non-hydrogen) atoms. The second kappa shape index (κ2) is 4.98. The largest absolute Gasteiger partial charge is 0.415 e. The molecule has 0 radical (unpaired) electrons. The number of likely N-dealkylation sites (tertiary alicyclic amines) is 1. The summed E-state index contributed by atoms with van der Waals surface area (Å²) in [6, 6.07) is 0. The van der Waals surface area contributed by atoms with Gasteiger partial charge in [-0.2, -0.15) is 13.2 Å². The Kier molecular flexibility index (Phi) is 4.19. The van der Waals surface area contributed by atoms with Crippen LogP contribution in [0.3, 0.4) is 0 Å². The number of nitrogens with zero attached hydrogens (tertiary/aromatic N) is 1. The van der Waals surface area contributed by atoms with Crippen molar-refractivity contribution in [3.8, 4) is 0 Å². The van der Waals surface area contributed by atoms with Gasteiger partial charge in [0.2, 0.25) is 0 Å². The van der Waals surface area contributed by atoms with Gasteiger partial charge < -0.3 is 10.0 Å². The summed E-state index contributed by atoms with van der Waals surface area (Å²) in [5.74, 6) is 0. The molecule has 0 amide bonds. The summed E-state index contributed by atoms with van der Waals surface area (Å²) in [5.41, 5.74) is 0. The quantitative estimate of drug-likeness (QED) is 0.752. The van der Waals surface area contributed by atoms with Gasteiger partial charge >= 0.3 is 6.18 Å². The van der Waals surface area contributed by atoms with Crippen molar-refractivity contribution >= 4 is 0 Å². The SMILES string of the molecule is O[C@@H](CN1CCCCCC1)C(F)(F)F. The van der Waals surface area contributed by atoms with Crippen molar-refractivity contribution in [3.05, 3.63) is 0 Å². The molecule has 0 spiro atoms. The monoisotopic (exact) mass is 211 g/mol. The van der Waals surface area contributed by atoms with Gasteiger partial charge in [0.15, 0.2) is 6.10 Å². The summed E-state index contributed by atoms with van der Waals surface area (Å²) in [7, 11) is 0. The second-order valence-corrected chi connectivity index (χ2v) is 3.77. The van der Waals surface area contributed by atoms with E-state index < -0.39 is 12.3 Å². The number of rotatable bonds is 2. The maximum Gasteiger partial charge on any atom is 0.415 e. The van der Waals surface area contributed by atoms with Crippen LogP contribution < -0.4 is 0 Å². The number of β-amino-alcohol motifs (C(OH)–C–C–N with tert-alkyl or cyclic N) is 1. The van der Waals surface area contributed by atoms with Crippen LogP contribution in [0.15, 0.2) is 0 Å². The average molecular weight is 211 g/mol. The van der Waals surface area contributed by atoms with Crippen molar-refractivity contribution in [1.82, 2.24) is 4.90 Å². The van der Waals surface area contributed by atoms with Crippen LogP contribution >= 0.6 is 0 Å². The summed E-state index contributed by atoms with van der Waals surface area (Å²) in [5, 5.41) is 8.86. The lowest BCUT2D eigenvalue weighted by molar-refractivity contribution is -0.208. The van der Waals surface area contributed by atoms with Crippen LogP contribution in [0.1, 0.15) is 25.7 Å². The zero-order chi connectivity index (χ0) is 10.6. The fourth-order valence-corrected chi connectivity index (χ4v) is 1.67. The number of aliphatic hydroxyl groups excluding tert-OH is 1. The van der Waals surface area contributed by atoms with Crippen molar-refractivity contribution in [3.63, 3.8) is 0 Å². The molecule has 2 nitrogen and oxygen atoms in total. The van der Waals surface area contributed by atoms with Crippen LogP contribution in [0, 0.1) is 0 Å². The Balaban J connectivity index is 2.34. The summed E-state index contributed by atoms with van der Waals surface area (Å²) in [4.78, 5) is 1.70. The van der Waals surface area contributed by atoms with Crippen LogP contribution in [0.2, 0.25) is 0 Å². The molecule has 0 aliphatic carbocycles. The smallest absolute Gasteiger partial charge is 0.382 e. The fraction of sp³-hybridized carbons (Fsp3) is 1.00. The number of alkyl halides is 3. The Morgan fingerprint density at radius 1 is 1.07 bits per heavy atom. The standard InChI is InChI=1S/C9H16F3NO/c10-9(11,12)8(14)7-13-5-3-1-2-4-6-13/h8,14H,1-7H2/t8-/m0/s1. The zero-order valence-corrected chi connectivity index (χ0v) is 8.06. The number of aliphatic hydroxyl groups is 1. The Hall–Kier alpha value is -0.290. The van der Waals surface area contributed by atoms with Gasteiger partial charge in [0.1, 0.15) is 0 Å². The van der Waals surface area contributed by atoms with Crippen molar-refractivity contribution in [2.24, 2.45) is 0 Å².